The molecule has 0 unspecified atom stereocenters. The predicted molar refractivity (Wildman–Crippen MR) is 79.2 cm³/mol. The van der Waals surface area contributed by atoms with E-state index in [1.165, 1.54) is 5.56 Å². The van der Waals surface area contributed by atoms with Crippen LogP contribution in [-0.4, -0.2) is 11.7 Å². The van der Waals surface area contributed by atoms with Gasteiger partial charge in [0.1, 0.15) is 12.0 Å². The number of halogens is 1. The number of benzene rings is 1. The first-order valence-electron chi connectivity index (χ1n) is 6.29. The van der Waals surface area contributed by atoms with E-state index < -0.39 is 0 Å². The summed E-state index contributed by atoms with van der Waals surface area (Å²) in [6.07, 6.45) is 3.53. The molecule has 4 heteroatoms. The predicted octanol–water partition coefficient (Wildman–Crippen LogP) is 4.46. The Bertz CT molecular complexity index is 700. The van der Waals surface area contributed by atoms with Gasteiger partial charge in [-0.3, -0.25) is 0 Å². The van der Waals surface area contributed by atoms with Gasteiger partial charge < -0.3 is 13.7 Å². The maximum Gasteiger partial charge on any atom is 0.157 e. The first kappa shape index (κ1) is 12.9. The lowest BCUT2D eigenvalue weighted by Gasteiger charge is -2.08. The third kappa shape index (κ3) is 2.45. The van der Waals surface area contributed by atoms with Crippen LogP contribution < -0.4 is 4.74 Å². The monoisotopic (exact) mass is 287 g/mol. The molecule has 3 nitrogen and oxygen atoms in total. The van der Waals surface area contributed by atoms with Crippen molar-refractivity contribution >= 4 is 11.6 Å². The van der Waals surface area contributed by atoms with Gasteiger partial charge in [-0.05, 0) is 11.6 Å². The second kappa shape index (κ2) is 5.47. The van der Waals surface area contributed by atoms with Gasteiger partial charge in [-0.25, -0.2) is 0 Å². The Kier molecular flexibility index (Phi) is 3.52. The lowest BCUT2D eigenvalue weighted by atomic mass is 10.2. The maximum atomic E-state index is 6.28. The van der Waals surface area contributed by atoms with Crippen molar-refractivity contribution in [1.82, 2.24) is 4.57 Å². The summed E-state index contributed by atoms with van der Waals surface area (Å²) in [4.78, 5) is 0. The highest BCUT2D eigenvalue weighted by Crippen LogP contribution is 2.33. The fourth-order valence-corrected chi connectivity index (χ4v) is 2.43. The number of hydrogen-bond acceptors (Lipinski definition) is 2. The lowest BCUT2D eigenvalue weighted by Crippen LogP contribution is -1.99. The minimum Gasteiger partial charge on any atom is -0.493 e. The zero-order chi connectivity index (χ0) is 13.9. The van der Waals surface area contributed by atoms with Crippen molar-refractivity contribution in [2.45, 2.75) is 6.54 Å². The molecule has 1 aromatic carbocycles. The molecule has 0 spiro atoms. The van der Waals surface area contributed by atoms with Gasteiger partial charge in [-0.15, -0.1) is 0 Å². The van der Waals surface area contributed by atoms with Gasteiger partial charge in [-0.1, -0.05) is 41.9 Å². The second-order valence-electron chi connectivity index (χ2n) is 4.48. The van der Waals surface area contributed by atoms with Gasteiger partial charge in [0.2, 0.25) is 0 Å². The molecule has 0 saturated carbocycles. The first-order chi connectivity index (χ1) is 9.78. The topological polar surface area (TPSA) is 27.3 Å². The zero-order valence-corrected chi connectivity index (χ0v) is 11.8. The molecule has 20 heavy (non-hydrogen) atoms. The number of ether oxygens (including phenoxy) is 1. The standard InChI is InChI=1S/C16H14ClNO2/c1-19-13-9-15(20-11-13)16-14(17)7-8-18(16)10-12-5-3-2-4-6-12/h2-9,11H,10H2,1H3. The van der Waals surface area contributed by atoms with E-state index in [9.17, 15) is 0 Å². The quantitative estimate of drug-likeness (QED) is 0.708. The third-order valence-corrected chi connectivity index (χ3v) is 3.46. The maximum absolute atomic E-state index is 6.28. The molecule has 3 aromatic rings. The van der Waals surface area contributed by atoms with Crippen LogP contribution in [0.15, 0.2) is 59.3 Å². The average molecular weight is 288 g/mol. The highest BCUT2D eigenvalue weighted by atomic mass is 35.5. The summed E-state index contributed by atoms with van der Waals surface area (Å²) in [6.45, 7) is 0.742. The van der Waals surface area contributed by atoms with Crippen LogP contribution in [0.5, 0.6) is 5.75 Å². The van der Waals surface area contributed by atoms with Crippen molar-refractivity contribution in [3.8, 4) is 17.2 Å². The minimum absolute atomic E-state index is 0.665. The van der Waals surface area contributed by atoms with Gasteiger partial charge in [0, 0.05) is 18.8 Å². The Hall–Kier alpha value is -2.13. The first-order valence-corrected chi connectivity index (χ1v) is 6.67. The van der Waals surface area contributed by atoms with Crippen LogP contribution in [0.3, 0.4) is 0 Å². The van der Waals surface area contributed by atoms with Crippen LogP contribution in [0, 0.1) is 0 Å². The van der Waals surface area contributed by atoms with Crippen molar-refractivity contribution < 1.29 is 9.15 Å². The Morgan fingerprint density at radius 2 is 2.00 bits per heavy atom. The molecule has 0 aliphatic heterocycles. The Morgan fingerprint density at radius 1 is 1.20 bits per heavy atom. The van der Waals surface area contributed by atoms with Crippen LogP contribution in [0.25, 0.3) is 11.5 Å². The second-order valence-corrected chi connectivity index (χ2v) is 4.88. The smallest absolute Gasteiger partial charge is 0.157 e. The van der Waals surface area contributed by atoms with Crippen molar-refractivity contribution in [3.63, 3.8) is 0 Å². The van der Waals surface area contributed by atoms with E-state index in [1.807, 2.05) is 36.5 Å². The van der Waals surface area contributed by atoms with E-state index in [0.717, 1.165) is 12.2 Å². The SMILES string of the molecule is COc1coc(-c2c(Cl)ccn2Cc2ccccc2)c1. The number of nitrogens with zero attached hydrogens (tertiary/aromatic N) is 1. The third-order valence-electron chi connectivity index (χ3n) is 3.15. The van der Waals surface area contributed by atoms with Gasteiger partial charge in [-0.2, -0.15) is 0 Å². The molecule has 0 aliphatic rings. The molecule has 0 radical (unpaired) electrons. The summed E-state index contributed by atoms with van der Waals surface area (Å²) in [5, 5.41) is 0.665. The van der Waals surface area contributed by atoms with Gasteiger partial charge in [0.25, 0.3) is 0 Å². The van der Waals surface area contributed by atoms with Crippen LogP contribution in [0.1, 0.15) is 5.56 Å². The fraction of sp³-hybridized carbons (Fsp3) is 0.125. The van der Waals surface area contributed by atoms with Crippen LogP contribution >= 0.6 is 11.6 Å². The Morgan fingerprint density at radius 3 is 2.70 bits per heavy atom. The van der Waals surface area contributed by atoms with Crippen LogP contribution in [0.2, 0.25) is 5.02 Å². The molecule has 2 aromatic heterocycles. The molecule has 0 amide bonds. The molecule has 0 atom stereocenters. The molecule has 3 rings (SSSR count). The molecule has 0 bridgehead atoms. The Labute approximate surface area is 122 Å². The summed E-state index contributed by atoms with van der Waals surface area (Å²) in [5.74, 6) is 1.39. The van der Waals surface area contributed by atoms with E-state index in [-0.39, 0.29) is 0 Å². The van der Waals surface area contributed by atoms with Crippen molar-refractivity contribution in [2.75, 3.05) is 7.11 Å². The van der Waals surface area contributed by atoms with E-state index >= 15 is 0 Å². The van der Waals surface area contributed by atoms with Gasteiger partial charge >= 0.3 is 0 Å². The fourth-order valence-electron chi connectivity index (χ4n) is 2.17. The van der Waals surface area contributed by atoms with Crippen molar-refractivity contribution in [2.24, 2.45) is 0 Å². The molecular weight excluding hydrogens is 274 g/mol. The van der Waals surface area contributed by atoms with Crippen molar-refractivity contribution in [3.05, 3.63) is 65.5 Å². The molecule has 2 heterocycles. The number of aromatic nitrogens is 1. The number of methoxy groups -OCH3 is 1. The van der Waals surface area contributed by atoms with Crippen molar-refractivity contribution in [1.29, 1.82) is 0 Å². The largest absolute Gasteiger partial charge is 0.493 e. The highest BCUT2D eigenvalue weighted by molar-refractivity contribution is 6.33. The highest BCUT2D eigenvalue weighted by Gasteiger charge is 2.14. The normalized spacial score (nSPS) is 10.7. The Balaban J connectivity index is 1.97. The summed E-state index contributed by atoms with van der Waals surface area (Å²) in [6, 6.07) is 13.9. The minimum atomic E-state index is 0.665. The van der Waals surface area contributed by atoms with Gasteiger partial charge in [0.15, 0.2) is 11.5 Å². The summed E-state index contributed by atoms with van der Waals surface area (Å²) in [5.41, 5.74) is 2.07. The van der Waals surface area contributed by atoms with E-state index in [1.54, 1.807) is 13.4 Å². The zero-order valence-electron chi connectivity index (χ0n) is 11.0. The molecule has 0 fully saturated rings. The van der Waals surface area contributed by atoms with E-state index in [4.69, 9.17) is 20.8 Å². The molecular formula is C16H14ClNO2. The summed E-state index contributed by atoms with van der Waals surface area (Å²) in [7, 11) is 1.61. The van der Waals surface area contributed by atoms with E-state index in [2.05, 4.69) is 16.7 Å². The molecule has 0 saturated heterocycles. The summed E-state index contributed by atoms with van der Waals surface area (Å²) < 4.78 is 12.7. The molecule has 102 valence electrons. The number of rotatable bonds is 4. The van der Waals surface area contributed by atoms with Crippen LogP contribution in [-0.2, 0) is 6.54 Å². The lowest BCUT2D eigenvalue weighted by molar-refractivity contribution is 0.406. The van der Waals surface area contributed by atoms with Crippen LogP contribution in [0.4, 0.5) is 0 Å². The number of hydrogen-bond donors (Lipinski definition) is 0. The van der Waals surface area contributed by atoms with E-state index in [0.29, 0.717) is 16.5 Å². The van der Waals surface area contributed by atoms with Gasteiger partial charge in [0.05, 0.1) is 12.1 Å². The number of furan rings is 1. The molecule has 0 aliphatic carbocycles. The molecule has 0 N–H and O–H groups in total. The average Bonchev–Trinajstić information content (AvgIpc) is 3.07. The summed E-state index contributed by atoms with van der Waals surface area (Å²) >= 11 is 6.28.